The lowest BCUT2D eigenvalue weighted by molar-refractivity contribution is 0.0507. The number of rotatable bonds is 4. The van der Waals surface area contributed by atoms with Crippen LogP contribution in [0.25, 0.3) is 0 Å². The van der Waals surface area contributed by atoms with Crippen molar-refractivity contribution in [1.82, 2.24) is 10.6 Å². The van der Waals surface area contributed by atoms with Crippen molar-refractivity contribution in [3.8, 4) is 5.75 Å². The molecule has 0 aliphatic heterocycles. The van der Waals surface area contributed by atoms with Crippen molar-refractivity contribution in [2.24, 2.45) is 0 Å². The number of fused-ring (bicyclic) bond motifs is 1. The largest absolute Gasteiger partial charge is 0.508 e. The van der Waals surface area contributed by atoms with Crippen molar-refractivity contribution in [2.75, 3.05) is 6.54 Å². The average Bonchev–Trinajstić information content (AvgIpc) is 2.78. The lowest BCUT2D eigenvalue weighted by Crippen LogP contribution is -2.43. The van der Waals surface area contributed by atoms with Gasteiger partial charge < -0.3 is 20.5 Å². The van der Waals surface area contributed by atoms with Crippen LogP contribution in [0.1, 0.15) is 51.3 Å². The number of alkyl carbamates (subject to hydrolysis) is 1. The molecule has 22 heavy (non-hydrogen) atoms. The van der Waals surface area contributed by atoms with Gasteiger partial charge in [0.25, 0.3) is 0 Å². The van der Waals surface area contributed by atoms with Gasteiger partial charge in [-0.25, -0.2) is 4.79 Å². The Kier molecular flexibility index (Phi) is 4.96. The van der Waals surface area contributed by atoms with Gasteiger partial charge >= 0.3 is 6.09 Å². The maximum Gasteiger partial charge on any atom is 0.407 e. The van der Waals surface area contributed by atoms with Crippen LogP contribution in [0.4, 0.5) is 4.79 Å². The minimum Gasteiger partial charge on any atom is -0.508 e. The molecule has 2 unspecified atom stereocenters. The van der Waals surface area contributed by atoms with Crippen LogP contribution < -0.4 is 10.6 Å². The maximum absolute atomic E-state index is 11.7. The Bertz CT molecular complexity index is 537. The molecule has 1 aliphatic rings. The molecular weight excluding hydrogens is 280 g/mol. The number of benzene rings is 1. The van der Waals surface area contributed by atoms with Crippen molar-refractivity contribution >= 4 is 6.09 Å². The van der Waals surface area contributed by atoms with Gasteiger partial charge in [-0.05, 0) is 57.7 Å². The van der Waals surface area contributed by atoms with E-state index >= 15 is 0 Å². The number of nitrogens with one attached hydrogen (secondary N) is 2. The molecule has 0 saturated heterocycles. The van der Waals surface area contributed by atoms with E-state index in [1.54, 1.807) is 6.07 Å². The highest BCUT2D eigenvalue weighted by atomic mass is 16.6. The zero-order valence-corrected chi connectivity index (χ0v) is 13.8. The summed E-state index contributed by atoms with van der Waals surface area (Å²) in [6.45, 7) is 8.13. The Morgan fingerprint density at radius 3 is 2.86 bits per heavy atom. The van der Waals surface area contributed by atoms with Gasteiger partial charge in [0.2, 0.25) is 0 Å². The summed E-state index contributed by atoms with van der Waals surface area (Å²) in [4.78, 5) is 11.7. The third kappa shape index (κ3) is 4.37. The summed E-state index contributed by atoms with van der Waals surface area (Å²) in [5, 5.41) is 16.1. The van der Waals surface area contributed by atoms with Crippen molar-refractivity contribution < 1.29 is 14.6 Å². The van der Waals surface area contributed by atoms with E-state index in [0.29, 0.717) is 12.3 Å². The molecule has 1 amide bonds. The molecule has 2 atom stereocenters. The van der Waals surface area contributed by atoms with Gasteiger partial charge in [-0.3, -0.25) is 0 Å². The Morgan fingerprint density at radius 2 is 2.18 bits per heavy atom. The van der Waals surface area contributed by atoms with Crippen LogP contribution in [0.3, 0.4) is 0 Å². The zero-order chi connectivity index (χ0) is 16.3. The molecular formula is C17H26N2O3. The summed E-state index contributed by atoms with van der Waals surface area (Å²) in [6.07, 6.45) is 1.45. The van der Waals surface area contributed by atoms with Gasteiger partial charge in [0.15, 0.2) is 0 Å². The highest BCUT2D eigenvalue weighted by molar-refractivity contribution is 5.68. The molecule has 0 radical (unpaired) electrons. The zero-order valence-electron chi connectivity index (χ0n) is 13.8. The molecule has 1 aromatic carbocycles. The summed E-state index contributed by atoms with van der Waals surface area (Å²) in [5.74, 6) is 0.377. The molecule has 1 aliphatic carbocycles. The molecule has 0 spiro atoms. The Hall–Kier alpha value is -1.75. The van der Waals surface area contributed by atoms with E-state index in [0.717, 1.165) is 24.0 Å². The van der Waals surface area contributed by atoms with E-state index < -0.39 is 11.7 Å². The number of hydrogen-bond donors (Lipinski definition) is 3. The highest BCUT2D eigenvalue weighted by Gasteiger charge is 2.25. The fourth-order valence-corrected chi connectivity index (χ4v) is 2.73. The molecule has 0 saturated carbocycles. The first-order valence-electron chi connectivity index (χ1n) is 7.80. The quantitative estimate of drug-likeness (QED) is 0.800. The van der Waals surface area contributed by atoms with E-state index in [2.05, 4.69) is 10.6 Å². The second-order valence-corrected chi connectivity index (χ2v) is 6.89. The van der Waals surface area contributed by atoms with Gasteiger partial charge in [0, 0.05) is 18.6 Å². The van der Waals surface area contributed by atoms with Crippen LogP contribution in [0, 0.1) is 0 Å². The molecule has 2 rings (SSSR count). The minimum atomic E-state index is -0.487. The fraction of sp³-hybridized carbons (Fsp3) is 0.588. The van der Waals surface area contributed by atoms with Crippen LogP contribution in [-0.4, -0.2) is 29.4 Å². The fourth-order valence-electron chi connectivity index (χ4n) is 2.73. The monoisotopic (exact) mass is 306 g/mol. The van der Waals surface area contributed by atoms with E-state index in [9.17, 15) is 9.90 Å². The maximum atomic E-state index is 11.7. The van der Waals surface area contributed by atoms with Gasteiger partial charge in [0.05, 0.1) is 0 Å². The smallest absolute Gasteiger partial charge is 0.407 e. The summed E-state index contributed by atoms with van der Waals surface area (Å²) >= 11 is 0. The highest BCUT2D eigenvalue weighted by Crippen LogP contribution is 2.36. The third-order valence-electron chi connectivity index (χ3n) is 3.68. The average molecular weight is 306 g/mol. The molecule has 0 aromatic heterocycles. The molecule has 0 heterocycles. The predicted octanol–water partition coefficient (Wildman–Crippen LogP) is 2.88. The Balaban J connectivity index is 1.82. The molecule has 5 nitrogen and oxygen atoms in total. The number of hydrogen-bond acceptors (Lipinski definition) is 4. The van der Waals surface area contributed by atoms with Gasteiger partial charge in [0.1, 0.15) is 11.4 Å². The summed E-state index contributed by atoms with van der Waals surface area (Å²) in [5.41, 5.74) is 1.70. The number of ether oxygens (including phenoxy) is 1. The summed E-state index contributed by atoms with van der Waals surface area (Å²) < 4.78 is 5.24. The SMILES string of the molecule is CC(CNC1CCc2c(O)cccc21)NC(=O)OC(C)(C)C. The van der Waals surface area contributed by atoms with E-state index in [4.69, 9.17) is 4.74 Å². The molecule has 122 valence electrons. The number of carbonyl (C=O) groups is 1. The van der Waals surface area contributed by atoms with Crippen molar-refractivity contribution in [1.29, 1.82) is 0 Å². The Morgan fingerprint density at radius 1 is 1.45 bits per heavy atom. The molecule has 0 fully saturated rings. The van der Waals surface area contributed by atoms with Crippen LogP contribution in [0.2, 0.25) is 0 Å². The topological polar surface area (TPSA) is 70.6 Å². The van der Waals surface area contributed by atoms with E-state index in [1.165, 1.54) is 0 Å². The number of phenolic OH excluding ortho intramolecular Hbond substituents is 1. The lowest BCUT2D eigenvalue weighted by Gasteiger charge is -2.23. The second-order valence-electron chi connectivity index (χ2n) is 6.89. The van der Waals surface area contributed by atoms with Crippen LogP contribution in [0.5, 0.6) is 5.75 Å². The standard InChI is InChI=1S/C17H26N2O3/c1-11(19-16(21)22-17(2,3)4)10-18-14-9-8-13-12(14)6-5-7-15(13)20/h5-7,11,14,18,20H,8-10H2,1-4H3,(H,19,21). The number of phenols is 1. The van der Waals surface area contributed by atoms with Gasteiger partial charge in [-0.15, -0.1) is 0 Å². The molecule has 0 bridgehead atoms. The first-order chi connectivity index (χ1) is 10.3. The van der Waals surface area contributed by atoms with Crippen molar-refractivity contribution in [3.63, 3.8) is 0 Å². The van der Waals surface area contributed by atoms with Gasteiger partial charge in [-0.1, -0.05) is 12.1 Å². The molecule has 1 aromatic rings. The summed E-state index contributed by atoms with van der Waals surface area (Å²) in [6, 6.07) is 5.84. The van der Waals surface area contributed by atoms with Crippen molar-refractivity contribution in [3.05, 3.63) is 29.3 Å². The number of aromatic hydroxyl groups is 1. The van der Waals surface area contributed by atoms with E-state index in [-0.39, 0.29) is 12.1 Å². The van der Waals surface area contributed by atoms with Crippen LogP contribution in [0.15, 0.2) is 18.2 Å². The summed E-state index contributed by atoms with van der Waals surface area (Å²) in [7, 11) is 0. The normalized spacial score (nSPS) is 18.6. The van der Waals surface area contributed by atoms with Gasteiger partial charge in [-0.2, -0.15) is 0 Å². The number of amides is 1. The first-order valence-corrected chi connectivity index (χ1v) is 7.80. The van der Waals surface area contributed by atoms with Crippen LogP contribution in [-0.2, 0) is 11.2 Å². The second kappa shape index (κ2) is 6.57. The molecule has 5 heteroatoms. The predicted molar refractivity (Wildman–Crippen MR) is 86.0 cm³/mol. The number of carbonyl (C=O) groups excluding carboxylic acids is 1. The van der Waals surface area contributed by atoms with Crippen molar-refractivity contribution in [2.45, 2.75) is 58.2 Å². The van der Waals surface area contributed by atoms with Crippen LogP contribution >= 0.6 is 0 Å². The Labute approximate surface area is 132 Å². The third-order valence-corrected chi connectivity index (χ3v) is 3.68. The van der Waals surface area contributed by atoms with E-state index in [1.807, 2.05) is 39.8 Å². The first kappa shape index (κ1) is 16.6. The minimum absolute atomic E-state index is 0.0313. The lowest BCUT2D eigenvalue weighted by atomic mass is 10.1. The molecule has 3 N–H and O–H groups in total.